The van der Waals surface area contributed by atoms with Gasteiger partial charge >= 0.3 is 6.09 Å². The number of nitrogens with one attached hydrogen (secondary N) is 1. The van der Waals surface area contributed by atoms with E-state index in [1.165, 1.54) is 19.4 Å². The minimum absolute atomic E-state index is 0.253. The van der Waals surface area contributed by atoms with Crippen LogP contribution >= 0.6 is 0 Å². The van der Waals surface area contributed by atoms with Crippen molar-refractivity contribution in [3.63, 3.8) is 0 Å². The Hall–Kier alpha value is -0.770. The first-order valence-corrected chi connectivity index (χ1v) is 7.25. The van der Waals surface area contributed by atoms with E-state index in [1.54, 1.807) is 0 Å². The summed E-state index contributed by atoms with van der Waals surface area (Å²) < 4.78 is 4.96. The average Bonchev–Trinajstić information content (AvgIpc) is 2.24. The van der Waals surface area contributed by atoms with Gasteiger partial charge in [-0.05, 0) is 38.0 Å². The molecule has 18 heavy (non-hydrogen) atoms. The van der Waals surface area contributed by atoms with E-state index in [1.807, 2.05) is 6.92 Å². The summed E-state index contributed by atoms with van der Waals surface area (Å²) in [6.07, 6.45) is 3.44. The number of piperidine rings is 1. The van der Waals surface area contributed by atoms with E-state index in [-0.39, 0.29) is 12.1 Å². The third-order valence-electron chi connectivity index (χ3n) is 4.15. The van der Waals surface area contributed by atoms with Crippen molar-refractivity contribution < 1.29 is 9.53 Å². The number of carbonyl (C=O) groups excluding carboxylic acids is 1. The number of hydrogen-bond acceptors (Lipinski definition) is 3. The lowest BCUT2D eigenvalue weighted by molar-refractivity contribution is 0.0365. The maximum absolute atomic E-state index is 11.5. The van der Waals surface area contributed by atoms with Gasteiger partial charge in [0, 0.05) is 25.2 Å². The second kappa shape index (κ2) is 5.91. The molecule has 0 aromatic heterocycles. The molecule has 2 unspecified atom stereocenters. The second-order valence-electron chi connectivity index (χ2n) is 6.09. The minimum Gasteiger partial charge on any atom is -0.450 e. The van der Waals surface area contributed by atoms with Gasteiger partial charge in [-0.15, -0.1) is 0 Å². The van der Waals surface area contributed by atoms with Crippen molar-refractivity contribution in [3.05, 3.63) is 0 Å². The normalized spacial score (nSPS) is 36.8. The summed E-state index contributed by atoms with van der Waals surface area (Å²) in [7, 11) is 0. The zero-order chi connectivity index (χ0) is 13.1. The molecule has 0 radical (unpaired) electrons. The number of rotatable bonds is 3. The van der Waals surface area contributed by atoms with Crippen molar-refractivity contribution in [1.82, 2.24) is 10.2 Å². The smallest absolute Gasteiger partial charge is 0.407 e. The van der Waals surface area contributed by atoms with E-state index in [2.05, 4.69) is 24.1 Å². The lowest BCUT2D eigenvalue weighted by Gasteiger charge is -2.47. The van der Waals surface area contributed by atoms with Crippen molar-refractivity contribution in [2.24, 2.45) is 11.8 Å². The highest BCUT2D eigenvalue weighted by Gasteiger charge is 2.35. The molecule has 0 aromatic rings. The van der Waals surface area contributed by atoms with Crippen LogP contribution in [-0.4, -0.2) is 42.8 Å². The van der Waals surface area contributed by atoms with Crippen LogP contribution in [-0.2, 0) is 4.74 Å². The topological polar surface area (TPSA) is 41.6 Å². The van der Waals surface area contributed by atoms with Crippen molar-refractivity contribution >= 4 is 6.09 Å². The molecular weight excluding hydrogens is 228 g/mol. The second-order valence-corrected chi connectivity index (χ2v) is 6.09. The standard InChI is InChI=1S/C14H26N2O2/c1-4-18-14(17)15-12-5-11(3)8-16(9-12)13-6-10(2)7-13/h10-13H,4-9H2,1-3H3,(H,15,17). The number of carbonyl (C=O) groups is 1. The summed E-state index contributed by atoms with van der Waals surface area (Å²) in [4.78, 5) is 14.0. The molecule has 104 valence electrons. The third kappa shape index (κ3) is 3.37. The molecule has 2 rings (SSSR count). The molecule has 0 spiro atoms. The van der Waals surface area contributed by atoms with Gasteiger partial charge in [0.05, 0.1) is 6.61 Å². The van der Waals surface area contributed by atoms with E-state index < -0.39 is 0 Å². The quantitative estimate of drug-likeness (QED) is 0.840. The zero-order valence-corrected chi connectivity index (χ0v) is 11.8. The lowest BCUT2D eigenvalue weighted by atomic mass is 9.79. The first kappa shape index (κ1) is 13.7. The van der Waals surface area contributed by atoms with Crippen LogP contribution in [0.5, 0.6) is 0 Å². The average molecular weight is 254 g/mol. The Kier molecular flexibility index (Phi) is 4.49. The van der Waals surface area contributed by atoms with E-state index in [4.69, 9.17) is 4.74 Å². The van der Waals surface area contributed by atoms with Crippen LogP contribution in [0.3, 0.4) is 0 Å². The molecule has 1 amide bonds. The molecule has 1 aliphatic carbocycles. The predicted octanol–water partition coefficient (Wildman–Crippen LogP) is 2.24. The molecule has 2 fully saturated rings. The third-order valence-corrected chi connectivity index (χ3v) is 4.15. The van der Waals surface area contributed by atoms with E-state index >= 15 is 0 Å². The van der Waals surface area contributed by atoms with Crippen LogP contribution in [0.25, 0.3) is 0 Å². The molecule has 1 aliphatic heterocycles. The molecule has 0 bridgehead atoms. The number of alkyl carbamates (subject to hydrolysis) is 1. The highest BCUT2D eigenvalue weighted by atomic mass is 16.5. The van der Waals surface area contributed by atoms with Gasteiger partial charge in [0.1, 0.15) is 0 Å². The fourth-order valence-corrected chi connectivity index (χ4v) is 3.29. The van der Waals surface area contributed by atoms with Crippen molar-refractivity contribution in [3.8, 4) is 0 Å². The molecule has 0 aromatic carbocycles. The Balaban J connectivity index is 1.82. The monoisotopic (exact) mass is 254 g/mol. The van der Waals surface area contributed by atoms with Crippen molar-refractivity contribution in [2.45, 2.75) is 52.1 Å². The highest BCUT2D eigenvalue weighted by Crippen LogP contribution is 2.33. The van der Waals surface area contributed by atoms with Crippen LogP contribution in [0, 0.1) is 11.8 Å². The first-order chi connectivity index (χ1) is 8.58. The molecule has 1 saturated heterocycles. The highest BCUT2D eigenvalue weighted by molar-refractivity contribution is 5.67. The van der Waals surface area contributed by atoms with E-state index in [0.717, 1.165) is 24.9 Å². The van der Waals surface area contributed by atoms with E-state index in [0.29, 0.717) is 12.5 Å². The summed E-state index contributed by atoms with van der Waals surface area (Å²) in [6, 6.07) is 0.998. The largest absolute Gasteiger partial charge is 0.450 e. The van der Waals surface area contributed by atoms with Gasteiger partial charge in [-0.3, -0.25) is 4.90 Å². The Morgan fingerprint density at radius 3 is 2.56 bits per heavy atom. The van der Waals surface area contributed by atoms with Gasteiger partial charge in [-0.2, -0.15) is 0 Å². The Morgan fingerprint density at radius 1 is 1.22 bits per heavy atom. The molecular formula is C14H26N2O2. The Bertz CT molecular complexity index is 290. The fourth-order valence-electron chi connectivity index (χ4n) is 3.29. The van der Waals surface area contributed by atoms with Crippen molar-refractivity contribution in [2.75, 3.05) is 19.7 Å². The number of nitrogens with zero attached hydrogens (tertiary/aromatic N) is 1. The van der Waals surface area contributed by atoms with Gasteiger partial charge in [0.25, 0.3) is 0 Å². The molecule has 2 aliphatic rings. The van der Waals surface area contributed by atoms with Crippen LogP contribution in [0.15, 0.2) is 0 Å². The molecule has 4 nitrogen and oxygen atoms in total. The van der Waals surface area contributed by atoms with Gasteiger partial charge in [0.15, 0.2) is 0 Å². The minimum atomic E-state index is -0.265. The Labute approximate surface area is 110 Å². The van der Waals surface area contributed by atoms with Gasteiger partial charge < -0.3 is 10.1 Å². The fraction of sp³-hybridized carbons (Fsp3) is 0.929. The van der Waals surface area contributed by atoms with Gasteiger partial charge in [-0.25, -0.2) is 4.79 Å². The Morgan fingerprint density at radius 2 is 1.94 bits per heavy atom. The van der Waals surface area contributed by atoms with Gasteiger partial charge in [-0.1, -0.05) is 13.8 Å². The first-order valence-electron chi connectivity index (χ1n) is 7.25. The summed E-state index contributed by atoms with van der Waals surface area (Å²) in [5, 5.41) is 2.99. The van der Waals surface area contributed by atoms with Gasteiger partial charge in [0.2, 0.25) is 0 Å². The summed E-state index contributed by atoms with van der Waals surface area (Å²) in [6.45, 7) is 9.04. The number of hydrogen-bond donors (Lipinski definition) is 1. The molecule has 1 N–H and O–H groups in total. The predicted molar refractivity (Wildman–Crippen MR) is 71.5 cm³/mol. The molecule has 1 saturated carbocycles. The maximum atomic E-state index is 11.5. The van der Waals surface area contributed by atoms with E-state index in [9.17, 15) is 4.79 Å². The maximum Gasteiger partial charge on any atom is 0.407 e. The number of ether oxygens (including phenoxy) is 1. The van der Waals surface area contributed by atoms with Crippen LogP contribution in [0.4, 0.5) is 4.79 Å². The van der Waals surface area contributed by atoms with Crippen LogP contribution < -0.4 is 5.32 Å². The SMILES string of the molecule is CCOC(=O)NC1CC(C)CN(C2CC(C)C2)C1. The summed E-state index contributed by atoms with van der Waals surface area (Å²) in [5.41, 5.74) is 0. The summed E-state index contributed by atoms with van der Waals surface area (Å²) in [5.74, 6) is 1.53. The lowest BCUT2D eigenvalue weighted by Crippen LogP contribution is -2.56. The van der Waals surface area contributed by atoms with Crippen LogP contribution in [0.1, 0.15) is 40.0 Å². The summed E-state index contributed by atoms with van der Waals surface area (Å²) >= 11 is 0. The molecule has 2 atom stereocenters. The van der Waals surface area contributed by atoms with Crippen LogP contribution in [0.2, 0.25) is 0 Å². The molecule has 1 heterocycles. The van der Waals surface area contributed by atoms with Crippen molar-refractivity contribution in [1.29, 1.82) is 0 Å². The number of amides is 1. The molecule has 4 heteroatoms. The number of likely N-dealkylation sites (tertiary alicyclic amines) is 1. The zero-order valence-electron chi connectivity index (χ0n) is 11.8.